The van der Waals surface area contributed by atoms with Gasteiger partial charge in [0, 0.05) is 23.1 Å². The van der Waals surface area contributed by atoms with Crippen molar-refractivity contribution in [2.45, 2.75) is 0 Å². The minimum atomic E-state index is 0. The number of nitrogens with zero attached hydrogens (tertiary/aromatic N) is 2. The van der Waals surface area contributed by atoms with Gasteiger partial charge in [-0.05, 0) is 81.5 Å². The number of methoxy groups -OCH3 is 2. The second kappa shape index (κ2) is 12.1. The minimum Gasteiger partial charge on any atom is -0.493 e. The number of nitrogens with one attached hydrogen (secondary N) is 1. The van der Waals surface area contributed by atoms with Gasteiger partial charge >= 0.3 is 17.1 Å². The molecule has 5 nitrogen and oxygen atoms in total. The summed E-state index contributed by atoms with van der Waals surface area (Å²) in [4.78, 5) is 8.72. The van der Waals surface area contributed by atoms with Crippen LogP contribution in [-0.2, 0) is 17.1 Å². The molecule has 32 heavy (non-hydrogen) atoms. The fraction of sp³-hybridized carbons (Fsp3) is 0.0769. The van der Waals surface area contributed by atoms with Crippen LogP contribution in [0.25, 0.3) is 10.9 Å². The van der Waals surface area contributed by atoms with Crippen LogP contribution in [-0.4, -0.2) is 24.2 Å². The Morgan fingerprint density at radius 3 is 1.91 bits per heavy atom. The molecule has 0 unspecified atom stereocenters. The molecule has 1 N–H and O–H groups in total. The van der Waals surface area contributed by atoms with Crippen LogP contribution in [0.15, 0.2) is 42.7 Å². The van der Waals surface area contributed by atoms with Gasteiger partial charge in [-0.25, -0.2) is 9.97 Å². The summed E-state index contributed by atoms with van der Waals surface area (Å²) < 4.78 is 10.7. The van der Waals surface area contributed by atoms with Crippen LogP contribution in [0.3, 0.4) is 0 Å². The van der Waals surface area contributed by atoms with Crippen molar-refractivity contribution in [3.8, 4) is 11.5 Å². The zero-order chi connectivity index (χ0) is 21.5. The van der Waals surface area contributed by atoms with E-state index < -0.39 is 0 Å². The Bertz CT molecular complexity index is 977. The van der Waals surface area contributed by atoms with Crippen molar-refractivity contribution in [1.29, 1.82) is 0 Å². The average molecular weight is 465 g/mol. The number of aromatic nitrogens is 2. The van der Waals surface area contributed by atoms with Gasteiger partial charge in [0.2, 0.25) is 0 Å². The van der Waals surface area contributed by atoms with Crippen molar-refractivity contribution in [1.82, 2.24) is 9.97 Å². The first-order valence-corrected chi connectivity index (χ1v) is 9.91. The number of benzene rings is 2. The summed E-state index contributed by atoms with van der Waals surface area (Å²) in [5, 5.41) is 4.23. The first-order valence-electron chi connectivity index (χ1n) is 9.91. The van der Waals surface area contributed by atoms with Crippen LogP contribution in [0, 0.1) is 63.7 Å². The molecular formula is C26H23FeN3O2+2. The number of fused-ring (bicyclic) bond motifs is 1. The number of anilines is 2. The molecule has 0 spiro atoms. The molecule has 5 rings (SSSR count). The fourth-order valence-electron chi connectivity index (χ4n) is 3.25. The van der Waals surface area contributed by atoms with Crippen LogP contribution >= 0.6 is 0 Å². The molecule has 2 aliphatic rings. The van der Waals surface area contributed by atoms with Gasteiger partial charge in [0.05, 0.1) is 19.7 Å². The Labute approximate surface area is 201 Å². The largest absolute Gasteiger partial charge is 2.00 e. The van der Waals surface area contributed by atoms with E-state index in [9.17, 15) is 0 Å². The van der Waals surface area contributed by atoms with E-state index in [4.69, 9.17) is 9.47 Å². The fourth-order valence-corrected chi connectivity index (χ4v) is 3.25. The van der Waals surface area contributed by atoms with E-state index in [1.807, 2.05) is 69.2 Å². The molecular weight excluding hydrogens is 442 g/mol. The Morgan fingerprint density at radius 2 is 1.31 bits per heavy atom. The Balaban J connectivity index is 0.000000427. The van der Waals surface area contributed by atoms with E-state index >= 15 is 0 Å². The van der Waals surface area contributed by atoms with Crippen molar-refractivity contribution < 1.29 is 26.5 Å². The van der Waals surface area contributed by atoms with Crippen molar-refractivity contribution in [2.24, 2.45) is 0 Å². The summed E-state index contributed by atoms with van der Waals surface area (Å²) in [6.45, 7) is 0. The molecule has 1 heterocycles. The topological polar surface area (TPSA) is 56.3 Å². The summed E-state index contributed by atoms with van der Waals surface area (Å²) >= 11 is 0. The number of ether oxygens (including phenoxy) is 2. The van der Waals surface area contributed by atoms with E-state index in [0.29, 0.717) is 11.5 Å². The predicted octanol–water partition coefficient (Wildman–Crippen LogP) is 5.16. The molecule has 2 saturated carbocycles. The van der Waals surface area contributed by atoms with Crippen LogP contribution in [0.1, 0.15) is 5.56 Å². The molecule has 2 aliphatic carbocycles. The van der Waals surface area contributed by atoms with E-state index in [1.54, 1.807) is 14.2 Å². The molecule has 3 aromatic rings. The first kappa shape index (κ1) is 24.3. The standard InChI is InChI=1S/C21H18N3O2.C5H5.Fe/c1-25-19-11-17-18(12-20(19)26-2)22-13-23-21(17)24-16-9-7-15(8-10-16)14-5-3-4-6-14;1-2-4-5-3-1;/h3-13H,1-2H3,(H,22,23,24);1-5H;/q;;+2. The van der Waals surface area contributed by atoms with Gasteiger partial charge in [-0.15, -0.1) is 0 Å². The molecule has 2 aromatic carbocycles. The zero-order valence-electron chi connectivity index (χ0n) is 17.8. The Morgan fingerprint density at radius 1 is 0.719 bits per heavy atom. The maximum Gasteiger partial charge on any atom is 2.00 e. The van der Waals surface area contributed by atoms with E-state index in [1.165, 1.54) is 17.8 Å². The third kappa shape index (κ3) is 5.93. The van der Waals surface area contributed by atoms with Gasteiger partial charge < -0.3 is 14.8 Å². The summed E-state index contributed by atoms with van der Waals surface area (Å²) in [7, 11) is 3.22. The first-order chi connectivity index (χ1) is 15.3. The van der Waals surface area contributed by atoms with Crippen LogP contribution in [0.4, 0.5) is 11.5 Å². The number of hydrogen-bond acceptors (Lipinski definition) is 5. The number of rotatable bonds is 5. The summed E-state index contributed by atoms with van der Waals surface area (Å²) in [5.41, 5.74) is 2.92. The molecule has 2 fully saturated rings. The molecule has 1 aromatic heterocycles. The summed E-state index contributed by atoms with van der Waals surface area (Å²) in [5.74, 6) is 3.21. The van der Waals surface area contributed by atoms with Gasteiger partial charge in [-0.3, -0.25) is 0 Å². The second-order valence-electron chi connectivity index (χ2n) is 6.78. The Kier molecular flexibility index (Phi) is 9.19. The Hall–Kier alpha value is -2.30. The molecule has 0 atom stereocenters. The van der Waals surface area contributed by atoms with Crippen molar-refractivity contribution in [2.75, 3.05) is 19.5 Å². The van der Waals surface area contributed by atoms with Crippen LogP contribution in [0.2, 0.25) is 0 Å². The minimum absolute atomic E-state index is 0. The summed E-state index contributed by atoms with van der Waals surface area (Å²) in [6, 6.07) is 12.0. The predicted molar refractivity (Wildman–Crippen MR) is 123 cm³/mol. The third-order valence-electron chi connectivity index (χ3n) is 4.84. The van der Waals surface area contributed by atoms with E-state index in [-0.39, 0.29) is 17.1 Å². The molecule has 6 heteroatoms. The molecule has 10 radical (unpaired) electrons. The van der Waals surface area contributed by atoms with Crippen LogP contribution in [0.5, 0.6) is 11.5 Å². The third-order valence-corrected chi connectivity index (χ3v) is 4.84. The van der Waals surface area contributed by atoms with Crippen LogP contribution < -0.4 is 14.8 Å². The van der Waals surface area contributed by atoms with E-state index in [2.05, 4.69) is 40.3 Å². The monoisotopic (exact) mass is 465 g/mol. The second-order valence-corrected chi connectivity index (χ2v) is 6.78. The molecule has 0 aliphatic heterocycles. The number of hydrogen-bond donors (Lipinski definition) is 1. The van der Waals surface area contributed by atoms with Gasteiger partial charge in [0.1, 0.15) is 12.1 Å². The van der Waals surface area contributed by atoms with Gasteiger partial charge in [0.15, 0.2) is 11.5 Å². The molecule has 160 valence electrons. The van der Waals surface area contributed by atoms with Gasteiger partial charge in [-0.2, -0.15) is 0 Å². The maximum atomic E-state index is 5.40. The average Bonchev–Trinajstić information content (AvgIpc) is 3.56. The molecule has 0 saturated heterocycles. The quantitative estimate of drug-likeness (QED) is 0.528. The smallest absolute Gasteiger partial charge is 0.493 e. The van der Waals surface area contributed by atoms with Crippen molar-refractivity contribution in [3.63, 3.8) is 0 Å². The van der Waals surface area contributed by atoms with Gasteiger partial charge in [0.25, 0.3) is 0 Å². The normalized spacial score (nSPS) is 15.6. The van der Waals surface area contributed by atoms with Crippen molar-refractivity contribution >= 4 is 22.4 Å². The zero-order valence-corrected chi connectivity index (χ0v) is 18.9. The SMILES string of the molecule is COc1cc2ncnc(Nc3ccc([C]4[CH][CH][CH][CH]4)cc3)c2cc1OC.[CH]1[CH][CH][CH][CH]1.[Fe+2]. The summed E-state index contributed by atoms with van der Waals surface area (Å²) in [6.07, 6.45) is 19.8. The molecule has 0 amide bonds. The maximum absolute atomic E-state index is 5.40. The molecule has 0 bridgehead atoms. The van der Waals surface area contributed by atoms with E-state index in [0.717, 1.165) is 22.4 Å². The van der Waals surface area contributed by atoms with Crippen molar-refractivity contribution in [3.05, 3.63) is 112 Å². The van der Waals surface area contributed by atoms with Gasteiger partial charge in [-0.1, -0.05) is 12.1 Å².